The molecule has 1 aliphatic carbocycles. The quantitative estimate of drug-likeness (QED) is 0.617. The summed E-state index contributed by atoms with van der Waals surface area (Å²) in [4.78, 5) is 0. The third kappa shape index (κ3) is 1.69. The molecule has 3 nitrogen and oxygen atoms in total. The highest BCUT2D eigenvalue weighted by Gasteiger charge is 2.45. The average molecular weight is 197 g/mol. The molecule has 3 unspecified atom stereocenters. The van der Waals surface area contributed by atoms with Crippen molar-refractivity contribution in [3.05, 3.63) is 0 Å². The first-order valence-electron chi connectivity index (χ1n) is 5.92. The summed E-state index contributed by atoms with van der Waals surface area (Å²) in [7, 11) is 0. The molecule has 3 rings (SSSR count). The van der Waals surface area contributed by atoms with Crippen LogP contribution in [0.15, 0.2) is 0 Å². The lowest BCUT2D eigenvalue weighted by molar-refractivity contribution is 0.0928. The smallest absolute Gasteiger partial charge is 0.135 e. The van der Waals surface area contributed by atoms with Crippen LogP contribution in [0.25, 0.3) is 0 Å². The van der Waals surface area contributed by atoms with Crippen molar-refractivity contribution in [2.75, 3.05) is 0 Å². The number of nitrogens with one attached hydrogen (secondary N) is 1. The zero-order chi connectivity index (χ0) is 9.54. The van der Waals surface area contributed by atoms with E-state index >= 15 is 0 Å². The molecule has 2 saturated heterocycles. The van der Waals surface area contributed by atoms with Gasteiger partial charge < -0.3 is 9.84 Å². The Balaban J connectivity index is 1.54. The van der Waals surface area contributed by atoms with Crippen LogP contribution in [0.3, 0.4) is 0 Å². The van der Waals surface area contributed by atoms with Crippen LogP contribution in [0.4, 0.5) is 0 Å². The van der Waals surface area contributed by atoms with Crippen molar-refractivity contribution in [2.24, 2.45) is 5.92 Å². The lowest BCUT2D eigenvalue weighted by Gasteiger charge is -2.33. The zero-order valence-corrected chi connectivity index (χ0v) is 8.48. The van der Waals surface area contributed by atoms with Gasteiger partial charge in [-0.2, -0.15) is 0 Å². The van der Waals surface area contributed by atoms with Crippen LogP contribution in [0.2, 0.25) is 0 Å². The molecule has 3 aliphatic rings. The fourth-order valence-electron chi connectivity index (χ4n) is 3.02. The van der Waals surface area contributed by atoms with Gasteiger partial charge in [-0.15, -0.1) is 0 Å². The normalized spacial score (nSPS) is 52.5. The summed E-state index contributed by atoms with van der Waals surface area (Å²) in [6.07, 6.45) is 7.76. The standard InChI is InChI=1S/C11H19NO2/c13-8-3-1-7(2-4-8)9-5-6-10-11(12-9)14-10/h7-13H,1-6H2. The minimum absolute atomic E-state index is 0.0280. The van der Waals surface area contributed by atoms with Crippen molar-refractivity contribution in [3.63, 3.8) is 0 Å². The van der Waals surface area contributed by atoms with E-state index in [0.29, 0.717) is 18.4 Å². The molecule has 3 heteroatoms. The van der Waals surface area contributed by atoms with E-state index in [1.807, 2.05) is 0 Å². The molecule has 3 fully saturated rings. The third-order valence-corrected chi connectivity index (χ3v) is 4.03. The number of fused-ring (bicyclic) bond motifs is 1. The Labute approximate surface area is 84.8 Å². The molecule has 0 aromatic heterocycles. The maximum Gasteiger partial charge on any atom is 0.135 e. The van der Waals surface area contributed by atoms with E-state index in [9.17, 15) is 5.11 Å². The maximum absolute atomic E-state index is 9.44. The van der Waals surface area contributed by atoms with Gasteiger partial charge in [-0.3, -0.25) is 5.32 Å². The SMILES string of the molecule is OC1CCC(C2CCC3OC3N2)CC1. The molecule has 80 valence electrons. The van der Waals surface area contributed by atoms with Gasteiger partial charge >= 0.3 is 0 Å². The molecule has 0 amide bonds. The van der Waals surface area contributed by atoms with Gasteiger partial charge in [0.2, 0.25) is 0 Å². The van der Waals surface area contributed by atoms with Gasteiger partial charge in [0, 0.05) is 6.04 Å². The van der Waals surface area contributed by atoms with Crippen LogP contribution in [0, 0.1) is 5.92 Å². The highest BCUT2D eigenvalue weighted by atomic mass is 16.6. The van der Waals surface area contributed by atoms with Crippen molar-refractivity contribution in [2.45, 2.75) is 63.0 Å². The molecule has 2 heterocycles. The fraction of sp³-hybridized carbons (Fsp3) is 1.00. The fourth-order valence-corrected chi connectivity index (χ4v) is 3.02. The van der Waals surface area contributed by atoms with Gasteiger partial charge in [0.15, 0.2) is 0 Å². The van der Waals surface area contributed by atoms with Gasteiger partial charge in [0.1, 0.15) is 6.23 Å². The van der Waals surface area contributed by atoms with Crippen molar-refractivity contribution in [1.29, 1.82) is 0 Å². The molecule has 0 aromatic rings. The number of ether oxygens (including phenoxy) is 1. The molecule has 2 N–H and O–H groups in total. The number of aliphatic hydroxyl groups excluding tert-OH is 1. The Bertz CT molecular complexity index is 213. The summed E-state index contributed by atoms with van der Waals surface area (Å²) in [6.45, 7) is 0. The number of epoxide rings is 1. The Hall–Kier alpha value is -0.120. The van der Waals surface area contributed by atoms with E-state index in [4.69, 9.17) is 4.74 Å². The van der Waals surface area contributed by atoms with E-state index in [-0.39, 0.29) is 6.10 Å². The third-order valence-electron chi connectivity index (χ3n) is 4.03. The molecule has 14 heavy (non-hydrogen) atoms. The molecular weight excluding hydrogens is 178 g/mol. The van der Waals surface area contributed by atoms with Gasteiger partial charge in [0.05, 0.1) is 12.2 Å². The van der Waals surface area contributed by atoms with Gasteiger partial charge in [0.25, 0.3) is 0 Å². The van der Waals surface area contributed by atoms with E-state index < -0.39 is 0 Å². The summed E-state index contributed by atoms with van der Waals surface area (Å²) in [5.41, 5.74) is 0. The highest BCUT2D eigenvalue weighted by molar-refractivity contribution is 4.95. The van der Waals surface area contributed by atoms with E-state index in [0.717, 1.165) is 18.8 Å². The van der Waals surface area contributed by atoms with E-state index in [1.54, 1.807) is 0 Å². The summed E-state index contributed by atoms with van der Waals surface area (Å²) in [5, 5.41) is 13.0. The lowest BCUT2D eigenvalue weighted by atomic mass is 9.80. The Morgan fingerprint density at radius 1 is 1.00 bits per heavy atom. The largest absolute Gasteiger partial charge is 0.393 e. The zero-order valence-electron chi connectivity index (χ0n) is 8.48. The molecule has 2 aliphatic heterocycles. The second-order valence-electron chi connectivity index (χ2n) is 5.01. The lowest BCUT2D eigenvalue weighted by Crippen LogP contribution is -2.43. The maximum atomic E-state index is 9.44. The summed E-state index contributed by atoms with van der Waals surface area (Å²) < 4.78 is 5.46. The summed E-state index contributed by atoms with van der Waals surface area (Å²) >= 11 is 0. The molecule has 3 atom stereocenters. The number of hydrogen-bond donors (Lipinski definition) is 2. The van der Waals surface area contributed by atoms with Crippen molar-refractivity contribution in [1.82, 2.24) is 5.32 Å². The number of piperidine rings is 1. The van der Waals surface area contributed by atoms with Gasteiger partial charge in [-0.25, -0.2) is 0 Å². The molecule has 0 aromatic carbocycles. The molecule has 0 spiro atoms. The minimum Gasteiger partial charge on any atom is -0.393 e. The van der Waals surface area contributed by atoms with E-state index in [2.05, 4.69) is 5.32 Å². The van der Waals surface area contributed by atoms with Crippen molar-refractivity contribution in [3.8, 4) is 0 Å². The van der Waals surface area contributed by atoms with Gasteiger partial charge in [-0.05, 0) is 44.4 Å². The second kappa shape index (κ2) is 3.47. The Morgan fingerprint density at radius 3 is 2.50 bits per heavy atom. The highest BCUT2D eigenvalue weighted by Crippen LogP contribution is 2.36. The van der Waals surface area contributed by atoms with Crippen LogP contribution in [-0.4, -0.2) is 29.6 Å². The monoisotopic (exact) mass is 197 g/mol. The van der Waals surface area contributed by atoms with Crippen LogP contribution in [-0.2, 0) is 4.74 Å². The number of hydrogen-bond acceptors (Lipinski definition) is 3. The first-order chi connectivity index (χ1) is 6.83. The Morgan fingerprint density at radius 2 is 1.79 bits per heavy atom. The molecule has 1 saturated carbocycles. The van der Waals surface area contributed by atoms with Crippen molar-refractivity contribution < 1.29 is 9.84 Å². The topological polar surface area (TPSA) is 44.8 Å². The van der Waals surface area contributed by atoms with Crippen LogP contribution < -0.4 is 5.32 Å². The second-order valence-corrected chi connectivity index (χ2v) is 5.01. The molecule has 0 radical (unpaired) electrons. The summed E-state index contributed by atoms with van der Waals surface area (Å²) in [6, 6.07) is 0.659. The summed E-state index contributed by atoms with van der Waals surface area (Å²) in [5.74, 6) is 0.781. The first kappa shape index (κ1) is 9.13. The van der Waals surface area contributed by atoms with E-state index in [1.165, 1.54) is 25.7 Å². The predicted molar refractivity (Wildman–Crippen MR) is 52.8 cm³/mol. The first-order valence-corrected chi connectivity index (χ1v) is 5.92. The van der Waals surface area contributed by atoms with Crippen molar-refractivity contribution >= 4 is 0 Å². The number of rotatable bonds is 1. The molecular formula is C11H19NO2. The van der Waals surface area contributed by atoms with Gasteiger partial charge in [-0.1, -0.05) is 0 Å². The molecule has 0 bridgehead atoms. The van der Waals surface area contributed by atoms with Crippen LogP contribution in [0.5, 0.6) is 0 Å². The Kier molecular flexibility index (Phi) is 2.26. The van der Waals surface area contributed by atoms with Crippen LogP contribution >= 0.6 is 0 Å². The number of aliphatic hydroxyl groups is 1. The minimum atomic E-state index is -0.0280. The van der Waals surface area contributed by atoms with Crippen LogP contribution in [0.1, 0.15) is 38.5 Å². The average Bonchev–Trinajstić information content (AvgIpc) is 2.96. The predicted octanol–water partition coefficient (Wildman–Crippen LogP) is 1.01.